The number of esters is 1. The van der Waals surface area contributed by atoms with Crippen LogP contribution in [0.5, 0.6) is 0 Å². The predicted octanol–water partition coefficient (Wildman–Crippen LogP) is 11.1. The van der Waals surface area contributed by atoms with E-state index in [1.807, 2.05) is 5.32 Å². The Kier molecular flexibility index (Phi) is 65.4. The van der Waals surface area contributed by atoms with Crippen LogP contribution in [-0.4, -0.2) is 263 Å². The number of ether oxygens (including phenoxy) is 4. The monoisotopic (exact) mass is 1440 g/mol. The second-order valence-electron chi connectivity index (χ2n) is 24.5. The number of carbonyl (C=O) groups is 2. The van der Waals surface area contributed by atoms with E-state index in [1.54, 1.807) is 6.92 Å². The fourth-order valence-corrected chi connectivity index (χ4v) is 12.8. The second-order valence-corrected chi connectivity index (χ2v) is 28.8. The maximum absolute atomic E-state index is 14.1. The number of hydrogen-bond acceptors (Lipinski definition) is 19. The van der Waals surface area contributed by atoms with Crippen LogP contribution in [0.1, 0.15) is 291 Å². The molecule has 0 bridgehead atoms. The van der Waals surface area contributed by atoms with Crippen molar-refractivity contribution in [1.29, 1.82) is 0 Å². The molecule has 0 aromatic carbocycles. The summed E-state index contributed by atoms with van der Waals surface area (Å²) >= 11 is 0. The zero-order chi connectivity index (χ0) is 65.6. The smallest absolute Gasteiger partial charge is 0.397 e. The molecule has 1 rings (SSSR count). The molecule has 0 unspecified atom stereocenters. The quantitative estimate of drug-likeness (QED) is 0.0143. The van der Waals surface area contributed by atoms with Crippen molar-refractivity contribution in [3.05, 3.63) is 0 Å². The van der Waals surface area contributed by atoms with E-state index in [2.05, 4.69) is 30.6 Å². The van der Waals surface area contributed by atoms with Crippen LogP contribution in [-0.2, 0) is 86.9 Å². The number of nitrogens with one attached hydrogen (secondary N) is 1. The summed E-state index contributed by atoms with van der Waals surface area (Å²) in [6.45, 7) is 5.19. The number of aliphatic hydroxyl groups is 1. The molecule has 0 aliphatic carbocycles. The third-order valence-electron chi connectivity index (χ3n) is 15.8. The average Bonchev–Trinajstić information content (AvgIpc) is 0.884. The normalized spacial score (nSPS) is 17.8. The summed E-state index contributed by atoms with van der Waals surface area (Å²) < 4.78 is 175. The van der Waals surface area contributed by atoms with E-state index >= 15 is 0 Å². The molecule has 92 heavy (non-hydrogen) atoms. The molecule has 6 N–H and O–H groups in total. The molecule has 1 amide bonds. The maximum Gasteiger partial charge on any atom is 0.397 e. The Morgan fingerprint density at radius 3 is 1.09 bits per heavy atom. The number of carbonyl (C=O) groups excluding carboxylic acids is 2. The largest absolute Gasteiger partial charge is 0.461 e. The van der Waals surface area contributed by atoms with Crippen LogP contribution in [0.2, 0.25) is 0 Å². The summed E-state index contributed by atoms with van der Waals surface area (Å²) in [5, 5.41) is 13.9. The fourth-order valence-electron chi connectivity index (χ4n) is 11.0. The minimum atomic E-state index is -5.93. The summed E-state index contributed by atoms with van der Waals surface area (Å²) in [5.41, 5.74) is -1.14. The molecule has 6 atom stereocenters. The molecule has 528 valence electrons. The number of hydrogen-bond donors (Lipinski definition) is 6. The van der Waals surface area contributed by atoms with Crippen molar-refractivity contribution in [2.75, 3.05) is 39.6 Å². The van der Waals surface area contributed by atoms with Gasteiger partial charge in [-0.15, -0.1) is 0 Å². The van der Waals surface area contributed by atoms with E-state index in [1.165, 1.54) is 193 Å². The molecular formula is C60H117NNa4O23S4. The first-order valence-corrected chi connectivity index (χ1v) is 38.7. The van der Waals surface area contributed by atoms with E-state index < -0.39 is 115 Å². The Balaban J connectivity index is -0.00000968. The number of unbranched alkanes of at least 4 members (excludes halogenated alkanes) is 38. The molecule has 0 aromatic heterocycles. The summed E-state index contributed by atoms with van der Waals surface area (Å²) in [5.74, 6) is -6.39. The molecule has 0 spiro atoms. The molecule has 1 fully saturated rings. The van der Waals surface area contributed by atoms with Gasteiger partial charge in [0.1, 0.15) is 31.0 Å². The summed E-state index contributed by atoms with van der Waals surface area (Å²) in [7, 11) is -23.0. The van der Waals surface area contributed by atoms with Crippen molar-refractivity contribution in [2.24, 2.45) is 5.41 Å². The van der Waals surface area contributed by atoms with Gasteiger partial charge in [-0.05, 0) is 12.8 Å². The van der Waals surface area contributed by atoms with Gasteiger partial charge in [0.05, 0.1) is 25.9 Å². The molecule has 0 aromatic rings. The van der Waals surface area contributed by atoms with Gasteiger partial charge in [-0.25, -0.2) is 21.5 Å². The zero-order valence-corrected chi connectivity index (χ0v) is 69.1. The van der Waals surface area contributed by atoms with Crippen molar-refractivity contribution >= 4 is 172 Å². The molecular weight excluding hydrogens is 1320 g/mol. The molecule has 1 heterocycles. The third-order valence-corrected chi connectivity index (χ3v) is 17.7. The Morgan fingerprint density at radius 2 is 0.804 bits per heavy atom. The van der Waals surface area contributed by atoms with Crippen LogP contribution in [0.3, 0.4) is 0 Å². The number of amides is 1. The molecule has 32 heteroatoms. The first kappa shape index (κ1) is 101. The van der Waals surface area contributed by atoms with Crippen LogP contribution in [0.4, 0.5) is 0 Å². The van der Waals surface area contributed by atoms with E-state index in [4.69, 9.17) is 18.9 Å². The van der Waals surface area contributed by atoms with Gasteiger partial charge < -0.3 is 29.4 Å². The maximum atomic E-state index is 14.1. The summed E-state index contributed by atoms with van der Waals surface area (Å²) in [6, 6.07) is -2.27. The van der Waals surface area contributed by atoms with Crippen molar-refractivity contribution < 1.29 is 102 Å². The van der Waals surface area contributed by atoms with E-state index in [9.17, 15) is 66.6 Å². The van der Waals surface area contributed by atoms with Gasteiger partial charge in [0, 0.05) is 150 Å². The summed E-state index contributed by atoms with van der Waals surface area (Å²) in [4.78, 5) is 26.6. The van der Waals surface area contributed by atoms with Gasteiger partial charge in [0.2, 0.25) is 5.91 Å². The average molecular weight is 1440 g/mol. The second kappa shape index (κ2) is 59.8. The summed E-state index contributed by atoms with van der Waals surface area (Å²) in [6.07, 6.45) is 37.0. The number of rotatable bonds is 61. The van der Waals surface area contributed by atoms with Gasteiger partial charge >= 0.3 is 47.6 Å². The molecule has 1 aliphatic heterocycles. The fraction of sp³-hybridized carbons (Fsp3) is 0.967. The zero-order valence-electron chi connectivity index (χ0n) is 57.8. The van der Waals surface area contributed by atoms with Gasteiger partial charge in [-0.1, -0.05) is 265 Å². The van der Waals surface area contributed by atoms with Crippen LogP contribution in [0, 0.1) is 5.41 Å². The SMILES string of the molecule is CCCCCCCCCCCCCCCCCCCCCCOCC(C)(COCCCCCCCCCCCCCCCCCCCCCC)COC(=O)[C@@]1(O)C[C@H](OS(=O)(=O)O)[C@@H](NC(C)=O)[C@H]([C@H](OS(=O)(=O)O)[C@@H](COS(=O)(=O)O)OS(=O)(=O)O)O1.[Na].[Na].[Na].[Na]. The van der Waals surface area contributed by atoms with Crippen molar-refractivity contribution in [2.45, 2.75) is 327 Å². The van der Waals surface area contributed by atoms with E-state index in [0.717, 1.165) is 71.1 Å². The van der Waals surface area contributed by atoms with Crippen molar-refractivity contribution in [3.63, 3.8) is 0 Å². The first-order valence-electron chi connectivity index (χ1n) is 33.2. The molecule has 1 saturated heterocycles. The van der Waals surface area contributed by atoms with Crippen molar-refractivity contribution in [3.8, 4) is 0 Å². The topological polar surface area (TPSA) is 358 Å². The molecule has 1 aliphatic rings. The van der Waals surface area contributed by atoms with Crippen molar-refractivity contribution in [1.82, 2.24) is 5.32 Å². The Morgan fingerprint density at radius 1 is 0.489 bits per heavy atom. The van der Waals surface area contributed by atoms with E-state index in [0.29, 0.717) is 13.2 Å². The van der Waals surface area contributed by atoms with Crippen LogP contribution < -0.4 is 5.32 Å². The third kappa shape index (κ3) is 57.8. The minimum absolute atomic E-state index is 0. The first-order chi connectivity index (χ1) is 41.6. The predicted molar refractivity (Wildman–Crippen MR) is 359 cm³/mol. The standard InChI is InChI=1S/C60H117NO23S4.4Na/c1-5-7-9-11-13-15-17-19-21-23-25-27-29-31-33-35-37-39-41-43-45-77-49-59(4,50-78-46-44-42-40-38-36-34-32-30-28-26-24-22-20-18-16-14-12-10-8-6-2)51-79-58(63)60(64)47-53(82-86(68,69)70)55(61-52(3)62)57(81-60)56(84-88(74,75)76)54(83-87(71,72)73)48-80-85(65,66)67;;;;/h53-57,64H,5-51H2,1-4H3,(H,61,62)(H,65,66,67)(H,68,69,70)(H,71,72,73)(H,74,75,76);;;;/t53-,54+,55+,56+,57+,60+;;;;/m0..../s1. The van der Waals surface area contributed by atoms with Crippen LogP contribution in [0.15, 0.2) is 0 Å². The van der Waals surface area contributed by atoms with E-state index in [-0.39, 0.29) is 131 Å². The Bertz CT molecular complexity index is 2220. The molecule has 24 nitrogen and oxygen atoms in total. The minimum Gasteiger partial charge on any atom is -0.461 e. The van der Waals surface area contributed by atoms with Crippen LogP contribution in [0.25, 0.3) is 0 Å². The van der Waals surface area contributed by atoms with Crippen LogP contribution >= 0.6 is 0 Å². The molecule has 4 radical (unpaired) electrons. The Hall–Kier alpha value is 2.26. The van der Waals surface area contributed by atoms with Gasteiger partial charge in [-0.2, -0.15) is 33.7 Å². The Labute approximate surface area is 644 Å². The van der Waals surface area contributed by atoms with Gasteiger partial charge in [0.15, 0.2) is 0 Å². The van der Waals surface area contributed by atoms with Gasteiger partial charge in [0.25, 0.3) is 5.79 Å². The van der Waals surface area contributed by atoms with Gasteiger partial charge in [-0.3, -0.25) is 23.0 Å². The molecule has 0 saturated carbocycles.